The fraction of sp³-hybridized carbons (Fsp3) is 0.727. The molecule has 0 amide bonds. The van der Waals surface area contributed by atoms with Crippen molar-refractivity contribution in [2.75, 3.05) is 6.61 Å². The summed E-state index contributed by atoms with van der Waals surface area (Å²) in [6, 6.07) is 0. The molecule has 41 heavy (non-hydrogen) atoms. The van der Waals surface area contributed by atoms with Crippen molar-refractivity contribution in [3.05, 3.63) is 40.2 Å². The van der Waals surface area contributed by atoms with Gasteiger partial charge in [-0.1, -0.05) is 32.9 Å². The normalized spacial score (nSPS) is 40.3. The monoisotopic (exact) mass is 566 g/mol. The first kappa shape index (κ1) is 28.8. The third-order valence-electron chi connectivity index (χ3n) is 11.0. The van der Waals surface area contributed by atoms with Crippen LogP contribution in [-0.2, 0) is 24.5 Å². The van der Waals surface area contributed by atoms with Crippen molar-refractivity contribution in [2.24, 2.45) is 34.5 Å². The highest BCUT2D eigenvalue weighted by Gasteiger charge is 2.77. The number of nitrogens with zero attached hydrogens (tertiary/aromatic N) is 2. The summed E-state index contributed by atoms with van der Waals surface area (Å²) in [5.74, 6) is -1.55. The second-order valence-corrected chi connectivity index (χ2v) is 15.4. The summed E-state index contributed by atoms with van der Waals surface area (Å²) in [7, 11) is 0. The number of carbonyl (C=O) groups excluding carboxylic acids is 2. The van der Waals surface area contributed by atoms with Crippen LogP contribution < -0.4 is 0 Å². The van der Waals surface area contributed by atoms with Crippen molar-refractivity contribution in [1.29, 1.82) is 0 Å². The number of aliphatic hydroxyl groups is 1. The lowest BCUT2D eigenvalue weighted by Gasteiger charge is -2.52. The van der Waals surface area contributed by atoms with Gasteiger partial charge >= 0.3 is 5.97 Å². The molecule has 2 heterocycles. The molecule has 2 bridgehead atoms. The number of carbonyl (C=O) groups is 2. The molecular formula is C33H46N2O6. The first-order valence-corrected chi connectivity index (χ1v) is 15.0. The molecule has 5 aliphatic rings. The molecular weight excluding hydrogens is 520 g/mol. The quantitative estimate of drug-likeness (QED) is 0.395. The van der Waals surface area contributed by atoms with Crippen molar-refractivity contribution in [2.45, 2.75) is 112 Å². The summed E-state index contributed by atoms with van der Waals surface area (Å²) in [6.45, 7) is 22.0. The maximum atomic E-state index is 14.9. The van der Waals surface area contributed by atoms with Crippen LogP contribution in [-0.4, -0.2) is 56.8 Å². The number of ketones is 1. The zero-order valence-electron chi connectivity index (χ0n) is 26.4. The lowest BCUT2D eigenvalue weighted by Crippen LogP contribution is -2.68. The van der Waals surface area contributed by atoms with E-state index in [1.54, 1.807) is 6.92 Å². The van der Waals surface area contributed by atoms with E-state index >= 15 is 0 Å². The van der Waals surface area contributed by atoms with Crippen LogP contribution in [0.2, 0.25) is 0 Å². The fourth-order valence-corrected chi connectivity index (χ4v) is 9.06. The van der Waals surface area contributed by atoms with Crippen LogP contribution in [0.15, 0.2) is 23.3 Å². The van der Waals surface area contributed by atoms with Gasteiger partial charge in [0.15, 0.2) is 23.3 Å². The molecule has 0 radical (unpaired) electrons. The number of Topliss-reactive ketones (excluding diaryl/α,β-unsaturated/α-hetero) is 1. The van der Waals surface area contributed by atoms with Crippen LogP contribution in [0.25, 0.3) is 0 Å². The summed E-state index contributed by atoms with van der Waals surface area (Å²) >= 11 is 0. The van der Waals surface area contributed by atoms with E-state index in [4.69, 9.17) is 14.2 Å². The Morgan fingerprint density at radius 1 is 1.17 bits per heavy atom. The predicted molar refractivity (Wildman–Crippen MR) is 153 cm³/mol. The second-order valence-electron chi connectivity index (χ2n) is 15.4. The predicted octanol–water partition coefficient (Wildman–Crippen LogP) is 5.05. The van der Waals surface area contributed by atoms with Gasteiger partial charge in [0.1, 0.15) is 11.7 Å². The van der Waals surface area contributed by atoms with E-state index < -0.39 is 35.0 Å². The van der Waals surface area contributed by atoms with E-state index in [-0.39, 0.29) is 41.1 Å². The molecule has 1 aliphatic heterocycles. The van der Waals surface area contributed by atoms with E-state index in [0.29, 0.717) is 28.4 Å². The van der Waals surface area contributed by atoms with Crippen LogP contribution in [0.4, 0.5) is 0 Å². The van der Waals surface area contributed by atoms with E-state index in [0.717, 1.165) is 12.0 Å². The number of allylic oxidation sites excluding steroid dienone is 1. The lowest BCUT2D eigenvalue weighted by molar-refractivity contribution is -0.302. The number of aryl methyl sites for hydroxylation is 1. The molecule has 1 aromatic heterocycles. The molecule has 6 rings (SSSR count). The summed E-state index contributed by atoms with van der Waals surface area (Å²) in [6.07, 6.45) is 2.78. The average Bonchev–Trinajstić information content (AvgIpc) is 3.15. The van der Waals surface area contributed by atoms with Gasteiger partial charge in [-0.15, -0.1) is 0 Å². The van der Waals surface area contributed by atoms with E-state index in [1.165, 1.54) is 0 Å². The van der Waals surface area contributed by atoms with Crippen molar-refractivity contribution >= 4 is 11.8 Å². The highest BCUT2D eigenvalue weighted by atomic mass is 16.7. The largest absolute Gasteiger partial charge is 0.451 e. The van der Waals surface area contributed by atoms with Crippen LogP contribution >= 0.6 is 0 Å². The number of rotatable bonds is 2. The smallest absolute Gasteiger partial charge is 0.342 e. The SMILES string of the molecule is CC1=C[C@]23C(=O)[C@@H](C=C4COC(C)(C)O[C@H]4[C@]2(O)[C@H]1OC(=O)c1c(C)nn(C(C)(C)C)c1C)[C@H]1[C@@H](C[C@H]3C)C1(C)C. The van der Waals surface area contributed by atoms with Gasteiger partial charge in [0.05, 0.1) is 28.9 Å². The zero-order valence-corrected chi connectivity index (χ0v) is 26.4. The van der Waals surface area contributed by atoms with Gasteiger partial charge in [-0.05, 0) is 96.1 Å². The lowest BCUT2D eigenvalue weighted by atomic mass is 9.59. The van der Waals surface area contributed by atoms with Gasteiger partial charge in [-0.25, -0.2) is 4.79 Å². The van der Waals surface area contributed by atoms with Gasteiger partial charge < -0.3 is 19.3 Å². The number of fused-ring (bicyclic) bond motifs is 5. The maximum absolute atomic E-state index is 14.9. The molecule has 8 nitrogen and oxygen atoms in total. The highest BCUT2D eigenvalue weighted by Crippen LogP contribution is 2.72. The minimum atomic E-state index is -1.84. The highest BCUT2D eigenvalue weighted by molar-refractivity contribution is 5.96. The standard InChI is InChI=1S/C33H46N2O6/c1-16-14-32-17(2)12-22-24(30(22,8)9)21(25(32)36)13-20-15-39-31(10,11)41-27(20)33(32,38)26(16)40-28(37)23-18(3)34-35(19(23)4)29(5,6)7/h13-14,17,21-22,24,26-27,38H,12,15H2,1-11H3/t17-,21+,22-,24+,26+,27-,32+,33-/m1/s1. The molecule has 0 aromatic carbocycles. The summed E-state index contributed by atoms with van der Waals surface area (Å²) in [5, 5.41) is 17.9. The van der Waals surface area contributed by atoms with Crippen LogP contribution in [0.5, 0.6) is 0 Å². The molecule has 1 aromatic rings. The Hall–Kier alpha value is -2.29. The van der Waals surface area contributed by atoms with Crippen LogP contribution in [0.3, 0.4) is 0 Å². The summed E-state index contributed by atoms with van der Waals surface area (Å²) in [5.41, 5.74) is -0.334. The van der Waals surface area contributed by atoms with E-state index in [9.17, 15) is 14.7 Å². The first-order valence-electron chi connectivity index (χ1n) is 15.0. The molecule has 3 fully saturated rings. The molecule has 2 saturated carbocycles. The molecule has 4 aliphatic carbocycles. The number of aromatic nitrogens is 2. The van der Waals surface area contributed by atoms with Gasteiger partial charge in [0.25, 0.3) is 0 Å². The average molecular weight is 567 g/mol. The topological polar surface area (TPSA) is 99.9 Å². The Bertz CT molecular complexity index is 1410. The molecule has 1 spiro atoms. The van der Waals surface area contributed by atoms with Gasteiger partial charge in [-0.3, -0.25) is 9.48 Å². The van der Waals surface area contributed by atoms with Gasteiger partial charge in [0, 0.05) is 5.92 Å². The molecule has 224 valence electrons. The Labute approximate surface area is 243 Å². The molecule has 1 N–H and O–H groups in total. The van der Waals surface area contributed by atoms with Crippen molar-refractivity contribution in [3.8, 4) is 0 Å². The third kappa shape index (κ3) is 3.65. The Balaban J connectivity index is 1.50. The van der Waals surface area contributed by atoms with Gasteiger partial charge in [-0.2, -0.15) is 5.10 Å². The first-order chi connectivity index (χ1) is 18.8. The van der Waals surface area contributed by atoms with Crippen LogP contribution in [0.1, 0.15) is 90.5 Å². The van der Waals surface area contributed by atoms with Gasteiger partial charge in [0.2, 0.25) is 0 Å². The van der Waals surface area contributed by atoms with Crippen molar-refractivity contribution < 1.29 is 28.9 Å². The molecule has 0 unspecified atom stereocenters. The van der Waals surface area contributed by atoms with Crippen molar-refractivity contribution in [1.82, 2.24) is 9.78 Å². The number of hydrogen-bond acceptors (Lipinski definition) is 7. The van der Waals surface area contributed by atoms with Crippen LogP contribution in [0, 0.1) is 48.3 Å². The summed E-state index contributed by atoms with van der Waals surface area (Å²) in [4.78, 5) is 28.9. The molecule has 8 heteroatoms. The maximum Gasteiger partial charge on any atom is 0.342 e. The minimum absolute atomic E-state index is 0.000284. The van der Waals surface area contributed by atoms with E-state index in [1.807, 2.05) is 65.3 Å². The second kappa shape index (κ2) is 8.42. The fourth-order valence-electron chi connectivity index (χ4n) is 9.06. The Morgan fingerprint density at radius 3 is 2.44 bits per heavy atom. The Kier molecular flexibility index (Phi) is 5.91. The number of hydrogen-bond donors (Lipinski definition) is 1. The molecule has 1 saturated heterocycles. The van der Waals surface area contributed by atoms with Crippen molar-refractivity contribution in [3.63, 3.8) is 0 Å². The zero-order chi connectivity index (χ0) is 30.2. The summed E-state index contributed by atoms with van der Waals surface area (Å²) < 4.78 is 20.8. The number of esters is 1. The third-order valence-corrected chi connectivity index (χ3v) is 11.0. The minimum Gasteiger partial charge on any atom is -0.451 e. The Morgan fingerprint density at radius 2 is 1.83 bits per heavy atom. The van der Waals surface area contributed by atoms with E-state index in [2.05, 4.69) is 25.9 Å². The molecule has 8 atom stereocenters. The number of ether oxygens (including phenoxy) is 3.